The van der Waals surface area contributed by atoms with Crippen molar-refractivity contribution in [2.24, 2.45) is 0 Å². The Kier molecular flexibility index (Phi) is 3.20. The molecule has 1 saturated heterocycles. The summed E-state index contributed by atoms with van der Waals surface area (Å²) < 4.78 is 0. The van der Waals surface area contributed by atoms with Crippen LogP contribution in [-0.2, 0) is 0 Å². The Morgan fingerprint density at radius 2 is 2.26 bits per heavy atom. The number of rotatable bonds is 2. The van der Waals surface area contributed by atoms with Crippen LogP contribution < -0.4 is 10.6 Å². The molecule has 7 nitrogen and oxygen atoms in total. The number of hydrogen-bond donors (Lipinski definition) is 3. The van der Waals surface area contributed by atoms with E-state index in [1.54, 1.807) is 6.20 Å². The van der Waals surface area contributed by atoms with Crippen LogP contribution in [0.3, 0.4) is 0 Å². The maximum absolute atomic E-state index is 9.60. The minimum Gasteiger partial charge on any atom is -0.394 e. The van der Waals surface area contributed by atoms with Gasteiger partial charge in [0.15, 0.2) is 5.65 Å². The van der Waals surface area contributed by atoms with Gasteiger partial charge in [0.2, 0.25) is 5.95 Å². The van der Waals surface area contributed by atoms with Gasteiger partial charge in [-0.05, 0) is 12.8 Å². The zero-order valence-electron chi connectivity index (χ0n) is 10.7. The lowest BCUT2D eigenvalue weighted by Crippen LogP contribution is -2.38. The summed E-state index contributed by atoms with van der Waals surface area (Å²) in [6, 6.07) is 0.0925. The number of aromatic amines is 1. The lowest BCUT2D eigenvalue weighted by Gasteiger charge is -2.30. The Morgan fingerprint density at radius 1 is 1.37 bits per heavy atom. The third-order valence-corrected chi connectivity index (χ3v) is 3.67. The van der Waals surface area contributed by atoms with E-state index in [0.29, 0.717) is 5.65 Å². The van der Waals surface area contributed by atoms with E-state index in [9.17, 15) is 5.11 Å². The van der Waals surface area contributed by atoms with Crippen molar-refractivity contribution in [1.82, 2.24) is 20.2 Å². The third-order valence-electron chi connectivity index (χ3n) is 3.67. The summed E-state index contributed by atoms with van der Waals surface area (Å²) in [6.45, 7) is 1.01. The second kappa shape index (κ2) is 5.00. The van der Waals surface area contributed by atoms with E-state index in [-0.39, 0.29) is 18.6 Å². The summed E-state index contributed by atoms with van der Waals surface area (Å²) in [4.78, 5) is 10.6. The van der Waals surface area contributed by atoms with Crippen molar-refractivity contribution >= 4 is 22.8 Å². The predicted octanol–water partition coefficient (Wildman–Crippen LogP) is 0.676. The number of anilines is 2. The number of H-pyrrole nitrogens is 1. The first-order valence-electron chi connectivity index (χ1n) is 6.63. The second-order valence-corrected chi connectivity index (χ2v) is 4.92. The van der Waals surface area contributed by atoms with Gasteiger partial charge >= 0.3 is 0 Å². The second-order valence-electron chi connectivity index (χ2n) is 4.92. The molecule has 0 saturated carbocycles. The van der Waals surface area contributed by atoms with Crippen molar-refractivity contribution in [1.29, 1.82) is 0 Å². The standard InChI is InChI=1S/C12H18N6O/c13-12-15-10-9(6-14-17-10)11(16-12)18-5-3-1-2-4-8(18)7-19/h6,8,19H,1-5,7H2,(H3,13,14,15,16,17). The number of nitrogen functional groups attached to an aromatic ring is 1. The van der Waals surface area contributed by atoms with Crippen LogP contribution in [0.15, 0.2) is 6.20 Å². The molecule has 0 bridgehead atoms. The van der Waals surface area contributed by atoms with Gasteiger partial charge in [-0.15, -0.1) is 0 Å². The number of aromatic nitrogens is 4. The summed E-state index contributed by atoms with van der Waals surface area (Å²) in [5, 5.41) is 17.3. The van der Waals surface area contributed by atoms with Gasteiger partial charge in [0, 0.05) is 6.54 Å². The lowest BCUT2D eigenvalue weighted by molar-refractivity contribution is 0.255. The fraction of sp³-hybridized carbons (Fsp3) is 0.583. The van der Waals surface area contributed by atoms with Crippen LogP contribution in [0.5, 0.6) is 0 Å². The van der Waals surface area contributed by atoms with Crippen LogP contribution in [0, 0.1) is 0 Å². The monoisotopic (exact) mass is 262 g/mol. The number of nitrogens with one attached hydrogen (secondary N) is 1. The summed E-state index contributed by atoms with van der Waals surface area (Å²) >= 11 is 0. The molecule has 1 atom stereocenters. The van der Waals surface area contributed by atoms with E-state index in [1.807, 2.05) is 0 Å². The Balaban J connectivity index is 2.07. The van der Waals surface area contributed by atoms with Crippen LogP contribution in [-0.4, -0.2) is 44.5 Å². The topological polar surface area (TPSA) is 104 Å². The zero-order chi connectivity index (χ0) is 13.2. The van der Waals surface area contributed by atoms with Crippen molar-refractivity contribution in [3.63, 3.8) is 0 Å². The number of aliphatic hydroxyl groups is 1. The molecule has 0 aliphatic carbocycles. The normalized spacial score (nSPS) is 20.7. The predicted molar refractivity (Wildman–Crippen MR) is 72.8 cm³/mol. The largest absolute Gasteiger partial charge is 0.394 e. The Bertz CT molecular complexity index is 568. The Morgan fingerprint density at radius 3 is 3.11 bits per heavy atom. The van der Waals surface area contributed by atoms with E-state index in [2.05, 4.69) is 25.1 Å². The van der Waals surface area contributed by atoms with E-state index in [0.717, 1.165) is 37.0 Å². The third kappa shape index (κ3) is 2.21. The van der Waals surface area contributed by atoms with Crippen molar-refractivity contribution in [2.45, 2.75) is 31.7 Å². The number of fused-ring (bicyclic) bond motifs is 1. The van der Waals surface area contributed by atoms with E-state index in [1.165, 1.54) is 6.42 Å². The number of hydrogen-bond acceptors (Lipinski definition) is 6. The van der Waals surface area contributed by atoms with Gasteiger partial charge in [-0.1, -0.05) is 12.8 Å². The summed E-state index contributed by atoms with van der Waals surface area (Å²) in [5.41, 5.74) is 6.40. The maximum atomic E-state index is 9.60. The van der Waals surface area contributed by atoms with Crippen molar-refractivity contribution in [2.75, 3.05) is 23.8 Å². The minimum absolute atomic E-state index is 0.0925. The van der Waals surface area contributed by atoms with Crippen LogP contribution in [0.1, 0.15) is 25.7 Å². The zero-order valence-corrected chi connectivity index (χ0v) is 10.7. The highest BCUT2D eigenvalue weighted by Crippen LogP contribution is 2.28. The molecule has 2 aromatic rings. The summed E-state index contributed by atoms with van der Waals surface area (Å²) in [6.07, 6.45) is 6.10. The summed E-state index contributed by atoms with van der Waals surface area (Å²) in [7, 11) is 0. The molecule has 3 rings (SSSR count). The van der Waals surface area contributed by atoms with Crippen molar-refractivity contribution in [3.05, 3.63) is 6.20 Å². The van der Waals surface area contributed by atoms with Crippen LogP contribution >= 0.6 is 0 Å². The van der Waals surface area contributed by atoms with E-state index in [4.69, 9.17) is 5.73 Å². The molecule has 0 amide bonds. The highest BCUT2D eigenvalue weighted by atomic mass is 16.3. The lowest BCUT2D eigenvalue weighted by atomic mass is 10.1. The van der Waals surface area contributed by atoms with Gasteiger partial charge in [0.25, 0.3) is 0 Å². The first-order chi connectivity index (χ1) is 9.29. The molecule has 102 valence electrons. The first-order valence-corrected chi connectivity index (χ1v) is 6.63. The molecule has 0 spiro atoms. The molecule has 7 heteroatoms. The maximum Gasteiger partial charge on any atom is 0.224 e. The van der Waals surface area contributed by atoms with Crippen molar-refractivity contribution in [3.8, 4) is 0 Å². The Hall–Kier alpha value is -1.89. The van der Waals surface area contributed by atoms with Gasteiger partial charge in [-0.25, -0.2) is 0 Å². The minimum atomic E-state index is 0.0925. The highest BCUT2D eigenvalue weighted by Gasteiger charge is 2.24. The van der Waals surface area contributed by atoms with E-state index >= 15 is 0 Å². The average Bonchev–Trinajstić information content (AvgIpc) is 2.74. The Labute approximate surface area is 110 Å². The van der Waals surface area contributed by atoms with Crippen LogP contribution in [0.25, 0.3) is 11.0 Å². The van der Waals surface area contributed by atoms with Crippen LogP contribution in [0.4, 0.5) is 11.8 Å². The molecule has 1 fully saturated rings. The molecule has 4 N–H and O–H groups in total. The molecular formula is C12H18N6O. The molecule has 1 aliphatic heterocycles. The molecule has 1 unspecified atom stereocenters. The first kappa shape index (κ1) is 12.2. The SMILES string of the molecule is Nc1nc(N2CCCCCC2CO)c2cn[nH]c2n1. The molecule has 0 aromatic carbocycles. The fourth-order valence-corrected chi connectivity index (χ4v) is 2.70. The van der Waals surface area contributed by atoms with E-state index < -0.39 is 0 Å². The van der Waals surface area contributed by atoms with Gasteiger partial charge in [-0.2, -0.15) is 15.1 Å². The fourth-order valence-electron chi connectivity index (χ4n) is 2.70. The smallest absolute Gasteiger partial charge is 0.224 e. The molecule has 19 heavy (non-hydrogen) atoms. The van der Waals surface area contributed by atoms with Gasteiger partial charge in [0.1, 0.15) is 5.82 Å². The van der Waals surface area contributed by atoms with Gasteiger partial charge < -0.3 is 15.7 Å². The summed E-state index contributed by atoms with van der Waals surface area (Å²) in [5.74, 6) is 1.00. The number of nitrogens with zero attached hydrogens (tertiary/aromatic N) is 4. The van der Waals surface area contributed by atoms with Crippen molar-refractivity contribution < 1.29 is 5.11 Å². The number of aliphatic hydroxyl groups excluding tert-OH is 1. The quantitative estimate of drug-likeness (QED) is 0.735. The molecule has 3 heterocycles. The number of nitrogens with two attached hydrogens (primary N) is 1. The highest BCUT2D eigenvalue weighted by molar-refractivity contribution is 5.87. The average molecular weight is 262 g/mol. The molecule has 1 aliphatic rings. The molecule has 0 radical (unpaired) electrons. The molecular weight excluding hydrogens is 244 g/mol. The van der Waals surface area contributed by atoms with Gasteiger partial charge in [0.05, 0.1) is 24.2 Å². The van der Waals surface area contributed by atoms with Gasteiger partial charge in [-0.3, -0.25) is 5.10 Å². The van der Waals surface area contributed by atoms with Crippen LogP contribution in [0.2, 0.25) is 0 Å². The molecule has 2 aromatic heterocycles.